The summed E-state index contributed by atoms with van der Waals surface area (Å²) in [6.45, 7) is 6.00. The van der Waals surface area contributed by atoms with Crippen molar-refractivity contribution in [1.82, 2.24) is 12.3 Å². The van der Waals surface area contributed by atoms with Crippen LogP contribution in [0.5, 0.6) is 0 Å². The van der Waals surface area contributed by atoms with Gasteiger partial charge in [0.2, 0.25) is 0 Å². The van der Waals surface area contributed by atoms with Gasteiger partial charge in [0.05, 0.1) is 0 Å². The van der Waals surface area contributed by atoms with Gasteiger partial charge in [0, 0.05) is 17.1 Å². The molecule has 0 bridgehead atoms. The van der Waals surface area contributed by atoms with E-state index in [1.807, 2.05) is 0 Å². The minimum absolute atomic E-state index is 0. The zero-order chi connectivity index (χ0) is 2.00. The van der Waals surface area contributed by atoms with E-state index in [0.717, 1.165) is 0 Å². The van der Waals surface area contributed by atoms with Gasteiger partial charge in [-0.15, -0.1) is 13.2 Å². The van der Waals surface area contributed by atoms with Crippen LogP contribution in [-0.4, -0.2) is 0 Å². The van der Waals surface area contributed by atoms with E-state index in [0.29, 0.717) is 0 Å². The molecule has 5 heavy (non-hydrogen) atoms. The minimum atomic E-state index is 0. The first-order valence-electron chi connectivity index (χ1n) is 0.500. The Hall–Kier alpha value is 0.179. The first-order valence-corrected chi connectivity index (χ1v) is 0.500. The molecule has 0 aromatic carbocycles. The van der Waals surface area contributed by atoms with Gasteiger partial charge in [-0.2, -0.15) is 0 Å². The first-order chi connectivity index (χ1) is 1.00. The molecule has 0 aromatic heterocycles. The van der Waals surface area contributed by atoms with E-state index in [-0.39, 0.29) is 29.4 Å². The predicted octanol–water partition coefficient (Wildman–Crippen LogP) is 1.12. The molecule has 0 rings (SSSR count). The van der Waals surface area contributed by atoms with Crippen molar-refractivity contribution >= 4 is 0 Å². The van der Waals surface area contributed by atoms with Gasteiger partial charge in [0.25, 0.3) is 0 Å². The Morgan fingerprint density at radius 1 is 0.800 bits per heavy atom. The van der Waals surface area contributed by atoms with Crippen molar-refractivity contribution < 1.29 is 17.1 Å². The predicted molar refractivity (Wildman–Crippen MR) is 21.3 cm³/mol. The van der Waals surface area contributed by atoms with E-state index in [9.17, 15) is 0 Å². The Bertz CT molecular complexity index is 7.61. The number of rotatable bonds is 0. The summed E-state index contributed by atoms with van der Waals surface area (Å²) in [7, 11) is 0. The third-order valence-corrected chi connectivity index (χ3v) is 0. The largest absolute Gasteiger partial charge is 0.344 e. The van der Waals surface area contributed by atoms with Gasteiger partial charge in [-0.05, 0) is 0 Å². The SMILES string of the molecule is C=C.N.N.[Mn]. The normalized spacial score (nSPS) is 0.800. The van der Waals surface area contributed by atoms with Crippen LogP contribution in [-0.2, 0) is 17.1 Å². The van der Waals surface area contributed by atoms with E-state index in [2.05, 4.69) is 13.2 Å². The molecule has 0 saturated carbocycles. The van der Waals surface area contributed by atoms with Gasteiger partial charge >= 0.3 is 0 Å². The Labute approximate surface area is 43.3 Å². The van der Waals surface area contributed by atoms with Gasteiger partial charge in [-0.3, -0.25) is 0 Å². The van der Waals surface area contributed by atoms with Crippen molar-refractivity contribution in [2.75, 3.05) is 0 Å². The second-order valence-corrected chi connectivity index (χ2v) is 0. The number of hydrogen-bond donors (Lipinski definition) is 2. The van der Waals surface area contributed by atoms with E-state index >= 15 is 0 Å². The maximum atomic E-state index is 3.00. The first kappa shape index (κ1) is 65.0. The Morgan fingerprint density at radius 2 is 0.800 bits per heavy atom. The van der Waals surface area contributed by atoms with Gasteiger partial charge in [-0.1, -0.05) is 0 Å². The van der Waals surface area contributed by atoms with Gasteiger partial charge in [-0.25, -0.2) is 0 Å². The van der Waals surface area contributed by atoms with Crippen LogP contribution in [0.25, 0.3) is 0 Å². The second-order valence-electron chi connectivity index (χ2n) is 0. The fraction of sp³-hybridized carbons (Fsp3) is 0. The third-order valence-electron chi connectivity index (χ3n) is 0. The molecule has 0 fully saturated rings. The summed E-state index contributed by atoms with van der Waals surface area (Å²) in [6, 6.07) is 0. The molecule has 3 heteroatoms. The maximum Gasteiger partial charge on any atom is 0 e. The Morgan fingerprint density at radius 3 is 0.800 bits per heavy atom. The molecule has 0 aliphatic rings. The van der Waals surface area contributed by atoms with Crippen LogP contribution in [0, 0.1) is 0 Å². The Kier molecular flexibility index (Phi) is 17100. The molecule has 35 valence electrons. The maximum absolute atomic E-state index is 3.00. The van der Waals surface area contributed by atoms with Crippen molar-refractivity contribution in [1.29, 1.82) is 0 Å². The summed E-state index contributed by atoms with van der Waals surface area (Å²) in [5.74, 6) is 0. The summed E-state index contributed by atoms with van der Waals surface area (Å²) < 4.78 is 0. The third kappa shape index (κ3) is 616. The zero-order valence-electron chi connectivity index (χ0n) is 3.21. The summed E-state index contributed by atoms with van der Waals surface area (Å²) in [5, 5.41) is 0. The monoisotopic (exact) mass is 117 g/mol. The molecule has 0 atom stereocenters. The molecule has 0 saturated heterocycles. The van der Waals surface area contributed by atoms with E-state index in [1.165, 1.54) is 0 Å². The number of hydrogen-bond acceptors (Lipinski definition) is 2. The molecular formula is C2H10MnN2. The molecule has 0 aromatic rings. The fourth-order valence-electron chi connectivity index (χ4n) is 0. The van der Waals surface area contributed by atoms with Crippen LogP contribution in [0.15, 0.2) is 13.2 Å². The van der Waals surface area contributed by atoms with Crippen LogP contribution >= 0.6 is 0 Å². The summed E-state index contributed by atoms with van der Waals surface area (Å²) >= 11 is 0. The van der Waals surface area contributed by atoms with Gasteiger partial charge < -0.3 is 12.3 Å². The summed E-state index contributed by atoms with van der Waals surface area (Å²) in [4.78, 5) is 0. The average molecular weight is 117 g/mol. The molecule has 0 aliphatic carbocycles. The van der Waals surface area contributed by atoms with Crippen molar-refractivity contribution in [3.8, 4) is 0 Å². The zero-order valence-corrected chi connectivity index (χ0v) is 4.39. The van der Waals surface area contributed by atoms with Crippen LogP contribution in [0.3, 0.4) is 0 Å². The Balaban J connectivity index is -0.00000000167. The molecule has 6 N–H and O–H groups in total. The van der Waals surface area contributed by atoms with E-state index in [4.69, 9.17) is 0 Å². The van der Waals surface area contributed by atoms with Crippen LogP contribution in [0.4, 0.5) is 0 Å². The minimum Gasteiger partial charge on any atom is -0.344 e. The molecule has 1 radical (unpaired) electrons. The topological polar surface area (TPSA) is 70.0 Å². The smallest absolute Gasteiger partial charge is 0 e. The average Bonchev–Trinajstić information content (AvgIpc) is 1.00. The fourth-order valence-corrected chi connectivity index (χ4v) is 0. The molecule has 0 amide bonds. The van der Waals surface area contributed by atoms with Crippen LogP contribution < -0.4 is 12.3 Å². The van der Waals surface area contributed by atoms with Gasteiger partial charge in [0.15, 0.2) is 0 Å². The van der Waals surface area contributed by atoms with Crippen molar-refractivity contribution in [2.45, 2.75) is 0 Å². The van der Waals surface area contributed by atoms with Crippen molar-refractivity contribution in [3.05, 3.63) is 13.2 Å². The van der Waals surface area contributed by atoms with Gasteiger partial charge in [0.1, 0.15) is 0 Å². The molecule has 0 spiro atoms. The van der Waals surface area contributed by atoms with Crippen molar-refractivity contribution in [2.24, 2.45) is 0 Å². The van der Waals surface area contributed by atoms with E-state index in [1.54, 1.807) is 0 Å². The second kappa shape index (κ2) is 1310. The summed E-state index contributed by atoms with van der Waals surface area (Å²) in [6.07, 6.45) is 0. The van der Waals surface area contributed by atoms with Crippen LogP contribution in [0.1, 0.15) is 0 Å². The quantitative estimate of drug-likeness (QED) is 0.368. The molecule has 0 aliphatic heterocycles. The van der Waals surface area contributed by atoms with Crippen molar-refractivity contribution in [3.63, 3.8) is 0 Å². The molecule has 2 nitrogen and oxygen atoms in total. The molecular weight excluding hydrogens is 107 g/mol. The van der Waals surface area contributed by atoms with E-state index < -0.39 is 0 Å². The molecule has 0 unspecified atom stereocenters. The molecule has 0 heterocycles. The summed E-state index contributed by atoms with van der Waals surface area (Å²) in [5.41, 5.74) is 0. The van der Waals surface area contributed by atoms with Crippen LogP contribution in [0.2, 0.25) is 0 Å². The standard InChI is InChI=1S/C2H4.Mn.2H3N/c1-2;;;/h1-2H2;;2*1H3.